The number of aliphatic hydroxyl groups is 1. The first-order chi connectivity index (χ1) is 7.56. The van der Waals surface area contributed by atoms with E-state index in [1.165, 1.54) is 24.1 Å². The lowest BCUT2D eigenvalue weighted by atomic mass is 10.0. The fourth-order valence-electron chi connectivity index (χ4n) is 2.08. The van der Waals surface area contributed by atoms with E-state index in [-0.39, 0.29) is 6.10 Å². The molecule has 0 bridgehead atoms. The Morgan fingerprint density at radius 2 is 2.00 bits per heavy atom. The Morgan fingerprint density at radius 3 is 2.50 bits per heavy atom. The molecule has 1 heterocycles. The maximum atomic E-state index is 9.95. The van der Waals surface area contributed by atoms with E-state index in [9.17, 15) is 5.11 Å². The highest BCUT2D eigenvalue weighted by molar-refractivity contribution is 5.24. The molecule has 0 aliphatic heterocycles. The van der Waals surface area contributed by atoms with Gasteiger partial charge in [0.15, 0.2) is 0 Å². The molecule has 1 N–H and O–H groups in total. The average Bonchev–Trinajstić information content (AvgIpc) is 2.46. The van der Waals surface area contributed by atoms with Crippen LogP contribution >= 0.6 is 0 Å². The van der Waals surface area contributed by atoms with Crippen molar-refractivity contribution in [2.24, 2.45) is 7.05 Å². The van der Waals surface area contributed by atoms with Gasteiger partial charge in [0, 0.05) is 19.2 Å². The summed E-state index contributed by atoms with van der Waals surface area (Å²) in [6.45, 7) is 6.26. The zero-order valence-electron chi connectivity index (χ0n) is 11.0. The van der Waals surface area contributed by atoms with Crippen LogP contribution in [0, 0.1) is 13.8 Å². The van der Waals surface area contributed by atoms with E-state index in [1.807, 2.05) is 18.7 Å². The van der Waals surface area contributed by atoms with E-state index in [0.717, 1.165) is 25.0 Å². The zero-order chi connectivity index (χ0) is 12.1. The van der Waals surface area contributed by atoms with E-state index < -0.39 is 0 Å². The van der Waals surface area contributed by atoms with Gasteiger partial charge in [0.25, 0.3) is 0 Å². The third-order valence-corrected chi connectivity index (χ3v) is 3.24. The number of unbranched alkanes of at least 4 members (excludes halogenated alkanes) is 2. The first-order valence-electron chi connectivity index (χ1n) is 6.23. The van der Waals surface area contributed by atoms with E-state index in [4.69, 9.17) is 0 Å². The van der Waals surface area contributed by atoms with Crippen LogP contribution in [0.25, 0.3) is 0 Å². The topological polar surface area (TPSA) is 38.1 Å². The van der Waals surface area contributed by atoms with Crippen molar-refractivity contribution in [2.45, 2.75) is 59.0 Å². The SMILES string of the molecule is CCCCCC(O)Cc1c(C)nn(C)c1C. The molecule has 0 aliphatic carbocycles. The third kappa shape index (κ3) is 3.34. The molecule has 1 rings (SSSR count). The molecular weight excluding hydrogens is 200 g/mol. The van der Waals surface area contributed by atoms with E-state index >= 15 is 0 Å². The molecule has 1 unspecified atom stereocenters. The third-order valence-electron chi connectivity index (χ3n) is 3.24. The van der Waals surface area contributed by atoms with Crippen molar-refractivity contribution < 1.29 is 5.11 Å². The predicted molar refractivity (Wildman–Crippen MR) is 66.5 cm³/mol. The van der Waals surface area contributed by atoms with Crippen molar-refractivity contribution in [1.82, 2.24) is 9.78 Å². The number of aromatic nitrogens is 2. The first-order valence-corrected chi connectivity index (χ1v) is 6.23. The molecule has 0 spiro atoms. The fraction of sp³-hybridized carbons (Fsp3) is 0.769. The van der Waals surface area contributed by atoms with Crippen LogP contribution < -0.4 is 0 Å². The summed E-state index contributed by atoms with van der Waals surface area (Å²) in [5.74, 6) is 0. The van der Waals surface area contributed by atoms with Crippen molar-refractivity contribution in [3.63, 3.8) is 0 Å². The highest BCUT2D eigenvalue weighted by Gasteiger charge is 2.13. The van der Waals surface area contributed by atoms with Gasteiger partial charge in [-0.1, -0.05) is 26.2 Å². The minimum Gasteiger partial charge on any atom is -0.393 e. The van der Waals surface area contributed by atoms with Gasteiger partial charge in [-0.25, -0.2) is 0 Å². The van der Waals surface area contributed by atoms with E-state index in [0.29, 0.717) is 0 Å². The van der Waals surface area contributed by atoms with Gasteiger partial charge in [0.1, 0.15) is 0 Å². The molecule has 1 aromatic rings. The highest BCUT2D eigenvalue weighted by atomic mass is 16.3. The van der Waals surface area contributed by atoms with Crippen molar-refractivity contribution in [3.8, 4) is 0 Å². The zero-order valence-corrected chi connectivity index (χ0v) is 11.0. The Kier molecular flexibility index (Phi) is 5.00. The van der Waals surface area contributed by atoms with Crippen LogP contribution in [0.1, 0.15) is 49.6 Å². The number of aliphatic hydroxyl groups excluding tert-OH is 1. The summed E-state index contributed by atoms with van der Waals surface area (Å²) in [6, 6.07) is 0. The lowest BCUT2D eigenvalue weighted by molar-refractivity contribution is 0.160. The molecule has 92 valence electrons. The number of aryl methyl sites for hydroxylation is 2. The van der Waals surface area contributed by atoms with E-state index in [1.54, 1.807) is 0 Å². The maximum absolute atomic E-state index is 9.95. The lowest BCUT2D eigenvalue weighted by Gasteiger charge is -2.10. The summed E-state index contributed by atoms with van der Waals surface area (Å²) < 4.78 is 1.89. The molecule has 0 saturated heterocycles. The number of nitrogens with zero attached hydrogens (tertiary/aromatic N) is 2. The van der Waals surface area contributed by atoms with E-state index in [2.05, 4.69) is 18.9 Å². The maximum Gasteiger partial charge on any atom is 0.0629 e. The number of rotatable bonds is 6. The van der Waals surface area contributed by atoms with Gasteiger partial charge in [0.05, 0.1) is 11.8 Å². The van der Waals surface area contributed by atoms with Crippen molar-refractivity contribution in [3.05, 3.63) is 17.0 Å². The monoisotopic (exact) mass is 224 g/mol. The Morgan fingerprint density at radius 1 is 1.31 bits per heavy atom. The molecule has 3 nitrogen and oxygen atoms in total. The molecule has 16 heavy (non-hydrogen) atoms. The molecule has 0 aromatic carbocycles. The van der Waals surface area contributed by atoms with Crippen LogP contribution in [0.3, 0.4) is 0 Å². The smallest absolute Gasteiger partial charge is 0.0629 e. The van der Waals surface area contributed by atoms with Crippen molar-refractivity contribution in [2.75, 3.05) is 0 Å². The molecule has 0 saturated carbocycles. The Balaban J connectivity index is 2.52. The Bertz CT molecular complexity index is 331. The molecule has 1 atom stereocenters. The van der Waals surface area contributed by atoms with Gasteiger partial charge in [-0.15, -0.1) is 0 Å². The van der Waals surface area contributed by atoms with Gasteiger partial charge < -0.3 is 5.11 Å². The van der Waals surface area contributed by atoms with Gasteiger partial charge in [-0.05, 0) is 25.8 Å². The molecule has 3 heteroatoms. The van der Waals surface area contributed by atoms with Crippen LogP contribution in [-0.2, 0) is 13.5 Å². The van der Waals surface area contributed by atoms with Crippen LogP contribution in [0.15, 0.2) is 0 Å². The normalized spacial score (nSPS) is 13.1. The lowest BCUT2D eigenvalue weighted by Crippen LogP contribution is -2.11. The molecular formula is C13H24N2O. The first kappa shape index (κ1) is 13.2. The van der Waals surface area contributed by atoms with Crippen molar-refractivity contribution >= 4 is 0 Å². The molecule has 0 amide bonds. The summed E-state index contributed by atoms with van der Waals surface area (Å²) in [5.41, 5.74) is 3.44. The summed E-state index contributed by atoms with van der Waals surface area (Å²) in [5, 5.41) is 14.3. The predicted octanol–water partition coefficient (Wildman–Crippen LogP) is 2.52. The van der Waals surface area contributed by atoms with Crippen molar-refractivity contribution in [1.29, 1.82) is 0 Å². The minimum atomic E-state index is -0.215. The second-order valence-corrected chi connectivity index (χ2v) is 4.63. The largest absolute Gasteiger partial charge is 0.393 e. The van der Waals surface area contributed by atoms with Crippen LogP contribution in [0.5, 0.6) is 0 Å². The second-order valence-electron chi connectivity index (χ2n) is 4.63. The summed E-state index contributed by atoms with van der Waals surface area (Å²) in [6.07, 6.45) is 4.97. The van der Waals surface area contributed by atoms with Crippen LogP contribution in [0.4, 0.5) is 0 Å². The van der Waals surface area contributed by atoms with Crippen LogP contribution in [-0.4, -0.2) is 21.0 Å². The standard InChI is InChI=1S/C13H24N2O/c1-5-6-7-8-12(16)9-13-10(2)14-15(4)11(13)3/h12,16H,5-9H2,1-4H3. The summed E-state index contributed by atoms with van der Waals surface area (Å²) in [7, 11) is 1.95. The minimum absolute atomic E-state index is 0.215. The number of hydrogen-bond acceptors (Lipinski definition) is 2. The fourth-order valence-corrected chi connectivity index (χ4v) is 2.08. The van der Waals surface area contributed by atoms with Gasteiger partial charge in [-0.3, -0.25) is 4.68 Å². The van der Waals surface area contributed by atoms with Gasteiger partial charge in [-0.2, -0.15) is 5.10 Å². The average molecular weight is 224 g/mol. The number of hydrogen-bond donors (Lipinski definition) is 1. The summed E-state index contributed by atoms with van der Waals surface area (Å²) >= 11 is 0. The Labute approximate surface area is 98.5 Å². The highest BCUT2D eigenvalue weighted by Crippen LogP contribution is 2.16. The van der Waals surface area contributed by atoms with Gasteiger partial charge >= 0.3 is 0 Å². The molecule has 0 aliphatic rings. The second kappa shape index (κ2) is 6.04. The van der Waals surface area contributed by atoms with Crippen LogP contribution in [0.2, 0.25) is 0 Å². The van der Waals surface area contributed by atoms with Gasteiger partial charge in [0.2, 0.25) is 0 Å². The quantitative estimate of drug-likeness (QED) is 0.754. The Hall–Kier alpha value is -0.830. The molecule has 1 aromatic heterocycles. The summed E-state index contributed by atoms with van der Waals surface area (Å²) in [4.78, 5) is 0. The molecule has 0 radical (unpaired) electrons. The molecule has 0 fully saturated rings.